The van der Waals surface area contributed by atoms with Gasteiger partial charge in [0.05, 0.1) is 12.0 Å². The maximum Gasteiger partial charge on any atom is 0.343 e. The Labute approximate surface area is 154 Å². The highest BCUT2D eigenvalue weighted by Gasteiger charge is 2.25. The average molecular weight is 408 g/mol. The topological polar surface area (TPSA) is 64.4 Å². The normalized spacial score (nSPS) is 18.0. The van der Waals surface area contributed by atoms with Gasteiger partial charge in [0.15, 0.2) is 0 Å². The summed E-state index contributed by atoms with van der Waals surface area (Å²) in [5.41, 5.74) is 0.330. The number of halogens is 1. The van der Waals surface area contributed by atoms with Crippen molar-refractivity contribution >= 4 is 32.9 Å². The molecule has 2 aromatic rings. The summed E-state index contributed by atoms with van der Waals surface area (Å²) in [6.45, 7) is 6.90. The zero-order valence-electron chi connectivity index (χ0n) is 14.5. The van der Waals surface area contributed by atoms with E-state index in [1.807, 2.05) is 4.57 Å². The first kappa shape index (κ1) is 18.1. The first-order valence-electron chi connectivity index (χ1n) is 8.65. The Bertz CT molecular complexity index is 849. The fourth-order valence-corrected chi connectivity index (χ4v) is 3.82. The van der Waals surface area contributed by atoms with Gasteiger partial charge in [0.1, 0.15) is 11.2 Å². The molecule has 3 heterocycles. The minimum Gasteiger partial charge on any atom is -0.462 e. The number of fused-ring (bicyclic) bond motifs is 1. The van der Waals surface area contributed by atoms with E-state index in [1.54, 1.807) is 25.4 Å². The second-order valence-electron chi connectivity index (χ2n) is 6.19. The summed E-state index contributed by atoms with van der Waals surface area (Å²) in [4.78, 5) is 31.8. The molecule has 0 radical (unpaired) electrons. The second kappa shape index (κ2) is 7.66. The Morgan fingerprint density at radius 1 is 1.44 bits per heavy atom. The number of aromatic nitrogens is 2. The number of ether oxygens (including phenoxy) is 1. The van der Waals surface area contributed by atoms with Gasteiger partial charge >= 0.3 is 5.97 Å². The average Bonchev–Trinajstić information content (AvgIpc) is 3.04. The van der Waals surface area contributed by atoms with Gasteiger partial charge in [0, 0.05) is 29.5 Å². The van der Waals surface area contributed by atoms with Crippen molar-refractivity contribution in [2.45, 2.75) is 39.3 Å². The molecule has 3 rings (SSSR count). The lowest BCUT2D eigenvalue weighted by Crippen LogP contribution is -2.33. The molecule has 6 nitrogen and oxygen atoms in total. The number of carbonyl (C=O) groups is 1. The number of carbonyl (C=O) groups excluding carboxylic acids is 1. The summed E-state index contributed by atoms with van der Waals surface area (Å²) in [5.74, 6) is -0.582. The highest BCUT2D eigenvalue weighted by atomic mass is 79.9. The largest absolute Gasteiger partial charge is 0.462 e. The molecule has 1 saturated heterocycles. The van der Waals surface area contributed by atoms with E-state index in [-0.39, 0.29) is 17.6 Å². The number of hydrogen-bond donors (Lipinski definition) is 0. The van der Waals surface area contributed by atoms with Crippen LogP contribution in [0, 0.1) is 0 Å². The van der Waals surface area contributed by atoms with Gasteiger partial charge < -0.3 is 9.30 Å². The lowest BCUT2D eigenvalue weighted by Gasteiger charge is -2.24. The van der Waals surface area contributed by atoms with Crippen molar-refractivity contribution in [3.63, 3.8) is 0 Å². The fourth-order valence-electron chi connectivity index (χ4n) is 3.49. The third-order valence-electron chi connectivity index (χ3n) is 4.69. The van der Waals surface area contributed by atoms with Crippen molar-refractivity contribution in [1.29, 1.82) is 0 Å². The Morgan fingerprint density at radius 2 is 2.24 bits per heavy atom. The van der Waals surface area contributed by atoms with E-state index in [4.69, 9.17) is 4.74 Å². The molecule has 1 aliphatic heterocycles. The van der Waals surface area contributed by atoms with Gasteiger partial charge in [-0.3, -0.25) is 9.69 Å². The molecule has 1 fully saturated rings. The fraction of sp³-hybridized carbons (Fsp3) is 0.500. The van der Waals surface area contributed by atoms with Crippen molar-refractivity contribution in [1.82, 2.24) is 14.5 Å². The van der Waals surface area contributed by atoms with Crippen LogP contribution in [0.4, 0.5) is 0 Å². The number of rotatable bonds is 5. The van der Waals surface area contributed by atoms with Gasteiger partial charge in [-0.05, 0) is 54.9 Å². The maximum absolute atomic E-state index is 12.7. The number of pyridine rings is 2. The highest BCUT2D eigenvalue weighted by molar-refractivity contribution is 9.10. The first-order valence-corrected chi connectivity index (χ1v) is 9.44. The molecular weight excluding hydrogens is 386 g/mol. The molecule has 0 aliphatic carbocycles. The molecule has 0 aromatic carbocycles. The summed E-state index contributed by atoms with van der Waals surface area (Å²) >= 11 is 3.36. The van der Waals surface area contributed by atoms with Crippen molar-refractivity contribution in [2.75, 3.05) is 19.7 Å². The minimum absolute atomic E-state index is 0.0651. The van der Waals surface area contributed by atoms with Crippen molar-refractivity contribution in [3.8, 4) is 0 Å². The second-order valence-corrected chi connectivity index (χ2v) is 7.11. The molecule has 7 heteroatoms. The Hall–Kier alpha value is -1.73. The molecule has 0 unspecified atom stereocenters. The van der Waals surface area contributed by atoms with E-state index in [9.17, 15) is 9.59 Å². The number of hydrogen-bond acceptors (Lipinski definition) is 5. The quantitative estimate of drug-likeness (QED) is 0.712. The molecule has 134 valence electrons. The van der Waals surface area contributed by atoms with Crippen molar-refractivity contribution in [3.05, 3.63) is 38.7 Å². The van der Waals surface area contributed by atoms with Crippen LogP contribution in [-0.4, -0.2) is 46.2 Å². The highest BCUT2D eigenvalue weighted by Crippen LogP contribution is 2.21. The van der Waals surface area contributed by atoms with Gasteiger partial charge in [0.25, 0.3) is 0 Å². The van der Waals surface area contributed by atoms with Crippen LogP contribution in [-0.2, 0) is 11.3 Å². The molecule has 0 amide bonds. The first-order chi connectivity index (χ1) is 12.0. The standard InChI is InChI=1S/C18H22BrN3O3/c1-3-21-7-5-6-13(21)10-22-11-15(18(24)25-4-2)16(23)14-8-12(19)9-20-17(14)22/h8-9,11,13H,3-7,10H2,1-2H3/t13-/m1/s1. The number of nitrogens with zero attached hydrogens (tertiary/aromatic N) is 3. The zero-order chi connectivity index (χ0) is 18.0. The predicted molar refractivity (Wildman–Crippen MR) is 99.9 cm³/mol. The van der Waals surface area contributed by atoms with Crippen LogP contribution >= 0.6 is 15.9 Å². The minimum atomic E-state index is -0.582. The van der Waals surface area contributed by atoms with Crippen LogP contribution < -0.4 is 5.43 Å². The Kier molecular flexibility index (Phi) is 5.54. The molecule has 25 heavy (non-hydrogen) atoms. The van der Waals surface area contributed by atoms with Gasteiger partial charge in [-0.25, -0.2) is 9.78 Å². The van der Waals surface area contributed by atoms with E-state index in [0.29, 0.717) is 28.1 Å². The molecule has 0 bridgehead atoms. The number of likely N-dealkylation sites (tertiary alicyclic amines) is 1. The summed E-state index contributed by atoms with van der Waals surface area (Å²) in [6, 6.07) is 2.10. The number of likely N-dealkylation sites (N-methyl/N-ethyl adjacent to an activating group) is 1. The van der Waals surface area contributed by atoms with Crippen LogP contribution in [0.1, 0.15) is 37.0 Å². The lowest BCUT2D eigenvalue weighted by molar-refractivity contribution is 0.0524. The van der Waals surface area contributed by atoms with Crippen molar-refractivity contribution < 1.29 is 9.53 Å². The molecule has 2 aromatic heterocycles. The van der Waals surface area contributed by atoms with Gasteiger partial charge in [-0.1, -0.05) is 6.92 Å². The van der Waals surface area contributed by atoms with Crippen molar-refractivity contribution in [2.24, 2.45) is 0 Å². The van der Waals surface area contributed by atoms with E-state index < -0.39 is 5.97 Å². The van der Waals surface area contributed by atoms with Crippen LogP contribution in [0.25, 0.3) is 11.0 Å². The van der Waals surface area contributed by atoms with E-state index in [2.05, 4.69) is 32.7 Å². The van der Waals surface area contributed by atoms with Crippen LogP contribution in [0.2, 0.25) is 0 Å². The molecule has 1 aliphatic rings. The molecule has 1 atom stereocenters. The maximum atomic E-state index is 12.7. The predicted octanol–water partition coefficient (Wildman–Crippen LogP) is 2.82. The molecular formula is C18H22BrN3O3. The van der Waals surface area contributed by atoms with Gasteiger partial charge in [-0.15, -0.1) is 0 Å². The SMILES string of the molecule is CCOC(=O)c1cn(C[C@H]2CCCN2CC)c2ncc(Br)cc2c1=O. The van der Waals surface area contributed by atoms with Crippen LogP contribution in [0.5, 0.6) is 0 Å². The summed E-state index contributed by atoms with van der Waals surface area (Å²) < 4.78 is 7.69. The van der Waals surface area contributed by atoms with Crippen LogP contribution in [0.3, 0.4) is 0 Å². The zero-order valence-corrected chi connectivity index (χ0v) is 16.1. The smallest absolute Gasteiger partial charge is 0.343 e. The van der Waals surface area contributed by atoms with Crippen LogP contribution in [0.15, 0.2) is 27.7 Å². The molecule has 0 spiro atoms. The lowest BCUT2D eigenvalue weighted by atomic mass is 10.1. The monoisotopic (exact) mass is 407 g/mol. The third kappa shape index (κ3) is 3.62. The van der Waals surface area contributed by atoms with E-state index >= 15 is 0 Å². The summed E-state index contributed by atoms with van der Waals surface area (Å²) in [5, 5.41) is 0.431. The molecule has 0 saturated carbocycles. The summed E-state index contributed by atoms with van der Waals surface area (Å²) in [7, 11) is 0. The Morgan fingerprint density at radius 3 is 2.96 bits per heavy atom. The third-order valence-corrected chi connectivity index (χ3v) is 5.12. The van der Waals surface area contributed by atoms with E-state index in [0.717, 1.165) is 19.5 Å². The Balaban J connectivity index is 2.11. The molecule has 0 N–H and O–H groups in total. The van der Waals surface area contributed by atoms with Gasteiger partial charge in [0.2, 0.25) is 5.43 Å². The van der Waals surface area contributed by atoms with E-state index in [1.165, 1.54) is 6.42 Å². The summed E-state index contributed by atoms with van der Waals surface area (Å²) in [6.07, 6.45) is 5.55. The van der Waals surface area contributed by atoms with Gasteiger partial charge in [-0.2, -0.15) is 0 Å². The number of esters is 1.